The van der Waals surface area contributed by atoms with Crippen LogP contribution in [-0.2, 0) is 0 Å². The number of carbonyl (C=O) groups excluding carboxylic acids is 1. The van der Waals surface area contributed by atoms with Crippen LogP contribution >= 0.6 is 0 Å². The minimum atomic E-state index is 0.0641. The molecule has 0 saturated carbocycles. The van der Waals surface area contributed by atoms with E-state index in [4.69, 9.17) is 0 Å². The van der Waals surface area contributed by atoms with E-state index in [2.05, 4.69) is 17.2 Å². The van der Waals surface area contributed by atoms with E-state index >= 15 is 0 Å². The van der Waals surface area contributed by atoms with Crippen molar-refractivity contribution in [1.29, 1.82) is 0 Å². The Kier molecular flexibility index (Phi) is 3.97. The molecule has 3 rings (SSSR count). The van der Waals surface area contributed by atoms with Crippen LogP contribution in [0, 0.1) is 0 Å². The number of benzene rings is 1. The molecule has 0 radical (unpaired) electrons. The lowest BCUT2D eigenvalue weighted by molar-refractivity contribution is 0.0655. The topological polar surface area (TPSA) is 45.2 Å². The van der Waals surface area contributed by atoms with Crippen LogP contribution < -0.4 is 5.32 Å². The van der Waals surface area contributed by atoms with Crippen LogP contribution in [0.25, 0.3) is 11.1 Å². The van der Waals surface area contributed by atoms with Gasteiger partial charge in [-0.05, 0) is 18.6 Å². The van der Waals surface area contributed by atoms with Gasteiger partial charge in [-0.3, -0.25) is 9.78 Å². The predicted octanol–water partition coefficient (Wildman–Crippen LogP) is 2.18. The summed E-state index contributed by atoms with van der Waals surface area (Å²) < 4.78 is 0. The Balaban J connectivity index is 1.87. The number of amides is 1. The maximum absolute atomic E-state index is 12.7. The van der Waals surface area contributed by atoms with E-state index in [-0.39, 0.29) is 11.9 Å². The van der Waals surface area contributed by atoms with E-state index in [1.807, 2.05) is 41.3 Å². The fraction of sp³-hybridized carbons (Fsp3) is 0.294. The third kappa shape index (κ3) is 2.95. The molecule has 1 aromatic heterocycles. The zero-order valence-corrected chi connectivity index (χ0v) is 12.1. The average Bonchev–Trinajstić information content (AvgIpc) is 2.56. The number of nitrogens with one attached hydrogen (secondary N) is 1. The maximum Gasteiger partial charge on any atom is 0.255 e. The van der Waals surface area contributed by atoms with E-state index in [9.17, 15) is 4.79 Å². The second-order valence-corrected chi connectivity index (χ2v) is 5.38. The Morgan fingerprint density at radius 3 is 2.81 bits per heavy atom. The fourth-order valence-corrected chi connectivity index (χ4v) is 2.65. The maximum atomic E-state index is 12.7. The highest BCUT2D eigenvalue weighted by atomic mass is 16.2. The average molecular weight is 281 g/mol. The molecule has 1 saturated heterocycles. The summed E-state index contributed by atoms with van der Waals surface area (Å²) in [5, 5.41) is 3.30. The summed E-state index contributed by atoms with van der Waals surface area (Å²) in [7, 11) is 0. The molecule has 1 unspecified atom stereocenters. The third-order valence-corrected chi connectivity index (χ3v) is 3.85. The molecule has 0 bridgehead atoms. The molecule has 1 aliphatic rings. The molecule has 4 nitrogen and oxygen atoms in total. The van der Waals surface area contributed by atoms with Crippen LogP contribution in [0.15, 0.2) is 48.8 Å². The summed E-state index contributed by atoms with van der Waals surface area (Å²) in [6.07, 6.45) is 3.46. The Hall–Kier alpha value is -2.20. The van der Waals surface area contributed by atoms with Crippen LogP contribution in [0.3, 0.4) is 0 Å². The lowest BCUT2D eigenvalue weighted by Crippen LogP contribution is -2.52. The van der Waals surface area contributed by atoms with Gasteiger partial charge in [0.1, 0.15) is 0 Å². The third-order valence-electron chi connectivity index (χ3n) is 3.85. The van der Waals surface area contributed by atoms with Crippen molar-refractivity contribution in [2.75, 3.05) is 19.6 Å². The fourth-order valence-electron chi connectivity index (χ4n) is 2.65. The van der Waals surface area contributed by atoms with Gasteiger partial charge in [0, 0.05) is 43.6 Å². The number of rotatable bonds is 2. The summed E-state index contributed by atoms with van der Waals surface area (Å²) in [6.45, 7) is 4.51. The number of piperazine rings is 1. The molecule has 108 valence electrons. The molecule has 2 heterocycles. The van der Waals surface area contributed by atoms with E-state index in [0.717, 1.165) is 30.8 Å². The largest absolute Gasteiger partial charge is 0.333 e. The van der Waals surface area contributed by atoms with Crippen LogP contribution in [0.5, 0.6) is 0 Å². The molecule has 21 heavy (non-hydrogen) atoms. The van der Waals surface area contributed by atoms with Gasteiger partial charge in [0.15, 0.2) is 0 Å². The monoisotopic (exact) mass is 281 g/mol. The summed E-state index contributed by atoms with van der Waals surface area (Å²) in [6, 6.07) is 12.2. The molecular weight excluding hydrogens is 262 g/mol. The summed E-state index contributed by atoms with van der Waals surface area (Å²) in [4.78, 5) is 18.8. The first kappa shape index (κ1) is 13.8. The molecule has 1 N–H and O–H groups in total. The Bertz CT molecular complexity index is 627. The van der Waals surface area contributed by atoms with E-state index in [1.54, 1.807) is 12.4 Å². The van der Waals surface area contributed by atoms with Gasteiger partial charge in [-0.1, -0.05) is 30.3 Å². The lowest BCUT2D eigenvalue weighted by Gasteiger charge is -2.34. The van der Waals surface area contributed by atoms with Crippen LogP contribution in [-0.4, -0.2) is 41.5 Å². The number of carbonyl (C=O) groups is 1. The van der Waals surface area contributed by atoms with Crippen LogP contribution in [0.1, 0.15) is 17.3 Å². The molecule has 0 aliphatic carbocycles. The van der Waals surface area contributed by atoms with Gasteiger partial charge in [0.2, 0.25) is 0 Å². The number of nitrogens with zero attached hydrogens (tertiary/aromatic N) is 2. The summed E-state index contributed by atoms with van der Waals surface area (Å²) in [5.41, 5.74) is 2.71. The highest BCUT2D eigenvalue weighted by molar-refractivity contribution is 5.95. The Morgan fingerprint density at radius 2 is 2.05 bits per heavy atom. The van der Waals surface area contributed by atoms with Crippen molar-refractivity contribution in [3.63, 3.8) is 0 Å². The first-order valence-corrected chi connectivity index (χ1v) is 7.28. The number of hydrogen-bond donors (Lipinski definition) is 1. The van der Waals surface area contributed by atoms with Crippen molar-refractivity contribution >= 4 is 5.91 Å². The van der Waals surface area contributed by atoms with Gasteiger partial charge in [0.05, 0.1) is 5.56 Å². The van der Waals surface area contributed by atoms with Crippen molar-refractivity contribution in [2.24, 2.45) is 0 Å². The van der Waals surface area contributed by atoms with Gasteiger partial charge in [0.25, 0.3) is 5.91 Å². The van der Waals surface area contributed by atoms with E-state index in [0.29, 0.717) is 5.56 Å². The Morgan fingerprint density at radius 1 is 1.24 bits per heavy atom. The highest BCUT2D eigenvalue weighted by Crippen LogP contribution is 2.20. The number of pyridine rings is 1. The number of aromatic nitrogens is 1. The first-order chi connectivity index (χ1) is 10.3. The van der Waals surface area contributed by atoms with Crippen molar-refractivity contribution in [3.8, 4) is 11.1 Å². The van der Waals surface area contributed by atoms with Crippen molar-refractivity contribution in [3.05, 3.63) is 54.4 Å². The molecule has 1 amide bonds. The minimum Gasteiger partial charge on any atom is -0.333 e. The van der Waals surface area contributed by atoms with Gasteiger partial charge in [-0.2, -0.15) is 0 Å². The zero-order chi connectivity index (χ0) is 14.7. The lowest BCUT2D eigenvalue weighted by atomic mass is 10.1. The zero-order valence-electron chi connectivity index (χ0n) is 12.1. The molecule has 1 atom stereocenters. The van der Waals surface area contributed by atoms with E-state index in [1.165, 1.54) is 0 Å². The second kappa shape index (κ2) is 6.06. The quantitative estimate of drug-likeness (QED) is 0.917. The minimum absolute atomic E-state index is 0.0641. The smallest absolute Gasteiger partial charge is 0.255 e. The summed E-state index contributed by atoms with van der Waals surface area (Å²) in [5.74, 6) is 0.0641. The first-order valence-electron chi connectivity index (χ1n) is 7.28. The summed E-state index contributed by atoms with van der Waals surface area (Å²) >= 11 is 0. The van der Waals surface area contributed by atoms with Gasteiger partial charge in [-0.15, -0.1) is 0 Å². The Labute approximate surface area is 124 Å². The standard InChI is InChI=1S/C17H19N3O/c1-13-10-18-7-8-20(13)17(21)16-9-15(11-19-12-16)14-5-3-2-4-6-14/h2-6,9,11-13,18H,7-8,10H2,1H3. The number of hydrogen-bond acceptors (Lipinski definition) is 3. The second-order valence-electron chi connectivity index (χ2n) is 5.38. The van der Waals surface area contributed by atoms with E-state index < -0.39 is 0 Å². The predicted molar refractivity (Wildman–Crippen MR) is 83.0 cm³/mol. The van der Waals surface area contributed by atoms with Crippen molar-refractivity contribution in [2.45, 2.75) is 13.0 Å². The SMILES string of the molecule is CC1CNCCN1C(=O)c1cncc(-c2ccccc2)c1. The molecule has 1 aromatic carbocycles. The van der Waals surface area contributed by atoms with Gasteiger partial charge in [-0.25, -0.2) is 0 Å². The highest BCUT2D eigenvalue weighted by Gasteiger charge is 2.24. The molecule has 0 spiro atoms. The van der Waals surface area contributed by atoms with Gasteiger partial charge < -0.3 is 10.2 Å². The molecule has 4 heteroatoms. The molecular formula is C17H19N3O. The normalized spacial score (nSPS) is 18.5. The molecule has 1 fully saturated rings. The van der Waals surface area contributed by atoms with Gasteiger partial charge >= 0.3 is 0 Å². The van der Waals surface area contributed by atoms with Crippen molar-refractivity contribution in [1.82, 2.24) is 15.2 Å². The molecule has 2 aromatic rings. The molecule has 1 aliphatic heterocycles. The van der Waals surface area contributed by atoms with Crippen molar-refractivity contribution < 1.29 is 4.79 Å². The van der Waals surface area contributed by atoms with Crippen LogP contribution in [0.4, 0.5) is 0 Å². The van der Waals surface area contributed by atoms with Crippen LogP contribution in [0.2, 0.25) is 0 Å².